The first-order valence-electron chi connectivity index (χ1n) is 6.02. The number of carbonyl (C=O) groups is 1. The minimum Gasteiger partial charge on any atom is -0.461 e. The first kappa shape index (κ1) is 14.1. The van der Waals surface area contributed by atoms with Crippen molar-refractivity contribution >= 4 is 17.7 Å². The van der Waals surface area contributed by atoms with E-state index in [9.17, 15) is 4.79 Å². The lowest BCUT2D eigenvalue weighted by Crippen LogP contribution is -2.17. The molecular formula is C14H20O2S. The Morgan fingerprint density at radius 3 is 2.71 bits per heavy atom. The molecule has 0 saturated heterocycles. The van der Waals surface area contributed by atoms with Crippen molar-refractivity contribution < 1.29 is 9.53 Å². The molecule has 1 atom stereocenters. The van der Waals surface area contributed by atoms with Gasteiger partial charge in [0.1, 0.15) is 6.61 Å². The summed E-state index contributed by atoms with van der Waals surface area (Å²) in [6.07, 6.45) is 1.15. The predicted octanol–water partition coefficient (Wildman–Crippen LogP) is 3.51. The topological polar surface area (TPSA) is 26.3 Å². The Hall–Kier alpha value is -0.960. The lowest BCUT2D eigenvalue weighted by molar-refractivity contribution is -0.148. The second-order valence-corrected chi connectivity index (χ2v) is 5.22. The Kier molecular flexibility index (Phi) is 6.78. The van der Waals surface area contributed by atoms with Gasteiger partial charge < -0.3 is 4.74 Å². The van der Waals surface area contributed by atoms with Gasteiger partial charge in [0.25, 0.3) is 0 Å². The van der Waals surface area contributed by atoms with Crippen LogP contribution in [0.4, 0.5) is 0 Å². The predicted molar refractivity (Wildman–Crippen MR) is 73.0 cm³/mol. The van der Waals surface area contributed by atoms with Crippen molar-refractivity contribution in [1.29, 1.82) is 0 Å². The normalized spacial score (nSPS) is 12.1. The highest BCUT2D eigenvalue weighted by molar-refractivity contribution is 7.99. The molecule has 0 aliphatic carbocycles. The zero-order valence-electron chi connectivity index (χ0n) is 10.5. The molecular weight excluding hydrogens is 232 g/mol. The molecule has 1 aromatic carbocycles. The molecule has 1 aromatic rings. The maximum atomic E-state index is 11.7. The van der Waals surface area contributed by atoms with Crippen LogP contribution in [0.5, 0.6) is 0 Å². The molecule has 0 spiro atoms. The fourth-order valence-electron chi connectivity index (χ4n) is 1.34. The molecule has 0 fully saturated rings. The number of hydrogen-bond donors (Lipinski definition) is 0. The molecule has 0 saturated carbocycles. The second-order valence-electron chi connectivity index (χ2n) is 4.07. The molecule has 0 heterocycles. The highest BCUT2D eigenvalue weighted by Gasteiger charge is 2.14. The van der Waals surface area contributed by atoms with Crippen molar-refractivity contribution in [3.8, 4) is 0 Å². The molecule has 0 unspecified atom stereocenters. The van der Waals surface area contributed by atoms with Crippen molar-refractivity contribution in [2.24, 2.45) is 5.92 Å². The average Bonchev–Trinajstić information content (AvgIpc) is 2.37. The quantitative estimate of drug-likeness (QED) is 0.549. The number of hydrogen-bond acceptors (Lipinski definition) is 3. The largest absolute Gasteiger partial charge is 0.461 e. The molecule has 3 heteroatoms. The van der Waals surface area contributed by atoms with Gasteiger partial charge in [-0.3, -0.25) is 4.79 Å². The van der Waals surface area contributed by atoms with Crippen LogP contribution in [0.15, 0.2) is 30.3 Å². The molecule has 0 radical (unpaired) electrons. The number of ether oxygens (including phenoxy) is 1. The Balaban J connectivity index is 2.24. The second kappa shape index (κ2) is 8.18. The van der Waals surface area contributed by atoms with Crippen molar-refractivity contribution in [3.63, 3.8) is 0 Å². The van der Waals surface area contributed by atoms with Crippen LogP contribution in [0.25, 0.3) is 0 Å². The third kappa shape index (κ3) is 5.78. The van der Waals surface area contributed by atoms with Gasteiger partial charge in [-0.15, -0.1) is 0 Å². The van der Waals surface area contributed by atoms with E-state index in [1.807, 2.05) is 49.0 Å². The average molecular weight is 252 g/mol. The highest BCUT2D eigenvalue weighted by atomic mass is 32.2. The van der Waals surface area contributed by atoms with Crippen LogP contribution < -0.4 is 0 Å². The van der Waals surface area contributed by atoms with E-state index in [4.69, 9.17) is 4.74 Å². The van der Waals surface area contributed by atoms with E-state index < -0.39 is 0 Å². The van der Waals surface area contributed by atoms with Gasteiger partial charge in [-0.2, -0.15) is 11.8 Å². The SMILES string of the molecule is CCCSC[C@H](C)C(=O)OCc1ccccc1. The van der Waals surface area contributed by atoms with E-state index >= 15 is 0 Å². The van der Waals surface area contributed by atoms with Crippen molar-refractivity contribution in [3.05, 3.63) is 35.9 Å². The molecule has 94 valence electrons. The molecule has 17 heavy (non-hydrogen) atoms. The maximum Gasteiger partial charge on any atom is 0.309 e. The number of benzene rings is 1. The van der Waals surface area contributed by atoms with Crippen LogP contribution in [-0.2, 0) is 16.1 Å². The van der Waals surface area contributed by atoms with Crippen LogP contribution in [0.1, 0.15) is 25.8 Å². The highest BCUT2D eigenvalue weighted by Crippen LogP contribution is 2.12. The molecule has 0 aliphatic rings. The van der Waals surface area contributed by atoms with Crippen LogP contribution in [0.2, 0.25) is 0 Å². The van der Waals surface area contributed by atoms with Gasteiger partial charge in [0.2, 0.25) is 0 Å². The summed E-state index contributed by atoms with van der Waals surface area (Å²) in [6.45, 7) is 4.45. The summed E-state index contributed by atoms with van der Waals surface area (Å²) in [4.78, 5) is 11.7. The van der Waals surface area contributed by atoms with Gasteiger partial charge in [0.15, 0.2) is 0 Å². The lowest BCUT2D eigenvalue weighted by Gasteiger charge is -2.10. The van der Waals surface area contributed by atoms with Crippen molar-refractivity contribution in [2.45, 2.75) is 26.9 Å². The van der Waals surface area contributed by atoms with Crippen LogP contribution in [0.3, 0.4) is 0 Å². The zero-order valence-corrected chi connectivity index (χ0v) is 11.3. The van der Waals surface area contributed by atoms with E-state index in [-0.39, 0.29) is 11.9 Å². The number of thioether (sulfide) groups is 1. The zero-order chi connectivity index (χ0) is 12.5. The monoisotopic (exact) mass is 252 g/mol. The van der Waals surface area contributed by atoms with Gasteiger partial charge in [-0.1, -0.05) is 44.2 Å². The summed E-state index contributed by atoms with van der Waals surface area (Å²) >= 11 is 1.81. The third-order valence-electron chi connectivity index (χ3n) is 2.34. The fourth-order valence-corrected chi connectivity index (χ4v) is 2.29. The number of carbonyl (C=O) groups excluding carboxylic acids is 1. The maximum absolute atomic E-state index is 11.7. The third-order valence-corrected chi connectivity index (χ3v) is 3.78. The summed E-state index contributed by atoms with van der Waals surface area (Å²) in [6, 6.07) is 9.77. The van der Waals surface area contributed by atoms with E-state index in [1.54, 1.807) is 0 Å². The first-order chi connectivity index (χ1) is 8.24. The summed E-state index contributed by atoms with van der Waals surface area (Å²) in [5, 5.41) is 0. The Bertz CT molecular complexity index is 324. The first-order valence-corrected chi connectivity index (χ1v) is 7.17. The molecule has 0 N–H and O–H groups in total. The standard InChI is InChI=1S/C14H20O2S/c1-3-9-17-11-12(2)14(15)16-10-13-7-5-4-6-8-13/h4-8,12H,3,9-11H2,1-2H3/t12-/m0/s1. The smallest absolute Gasteiger partial charge is 0.309 e. The van der Waals surface area contributed by atoms with Gasteiger partial charge >= 0.3 is 5.97 Å². The molecule has 2 nitrogen and oxygen atoms in total. The molecule has 1 rings (SSSR count). The lowest BCUT2D eigenvalue weighted by atomic mass is 10.2. The van der Waals surface area contributed by atoms with Gasteiger partial charge in [-0.05, 0) is 17.7 Å². The van der Waals surface area contributed by atoms with Crippen molar-refractivity contribution in [1.82, 2.24) is 0 Å². The Morgan fingerprint density at radius 2 is 2.06 bits per heavy atom. The fraction of sp³-hybridized carbons (Fsp3) is 0.500. The Morgan fingerprint density at radius 1 is 1.35 bits per heavy atom. The van der Waals surface area contributed by atoms with E-state index in [2.05, 4.69) is 6.92 Å². The van der Waals surface area contributed by atoms with Crippen molar-refractivity contribution in [2.75, 3.05) is 11.5 Å². The van der Waals surface area contributed by atoms with Gasteiger partial charge in [-0.25, -0.2) is 0 Å². The molecule has 0 amide bonds. The van der Waals surface area contributed by atoms with E-state index in [0.717, 1.165) is 23.5 Å². The Labute approximate surface area is 108 Å². The molecule has 0 aliphatic heterocycles. The van der Waals surface area contributed by atoms with Gasteiger partial charge in [0, 0.05) is 5.75 Å². The van der Waals surface area contributed by atoms with Crippen LogP contribution in [0, 0.1) is 5.92 Å². The minimum absolute atomic E-state index is 0.0183. The summed E-state index contributed by atoms with van der Waals surface area (Å²) in [5.41, 5.74) is 1.04. The van der Waals surface area contributed by atoms with Crippen LogP contribution >= 0.6 is 11.8 Å². The van der Waals surface area contributed by atoms with E-state index in [0.29, 0.717) is 6.61 Å². The molecule has 0 bridgehead atoms. The number of esters is 1. The summed E-state index contributed by atoms with van der Waals surface area (Å²) < 4.78 is 5.27. The summed E-state index contributed by atoms with van der Waals surface area (Å²) in [5.74, 6) is 1.84. The van der Waals surface area contributed by atoms with Crippen LogP contribution in [-0.4, -0.2) is 17.5 Å². The molecule has 0 aromatic heterocycles. The minimum atomic E-state index is -0.0996. The van der Waals surface area contributed by atoms with E-state index in [1.165, 1.54) is 0 Å². The summed E-state index contributed by atoms with van der Waals surface area (Å²) in [7, 11) is 0. The van der Waals surface area contributed by atoms with Gasteiger partial charge in [0.05, 0.1) is 5.92 Å². The number of rotatable bonds is 7.